The van der Waals surface area contributed by atoms with Gasteiger partial charge in [0.1, 0.15) is 5.76 Å². The highest BCUT2D eigenvalue weighted by atomic mass is 32.2. The molecule has 2 aromatic rings. The van der Waals surface area contributed by atoms with E-state index in [1.807, 2.05) is 30.3 Å². The van der Waals surface area contributed by atoms with Gasteiger partial charge < -0.3 is 9.73 Å². The summed E-state index contributed by atoms with van der Waals surface area (Å²) in [4.78, 5) is 11.7. The second kappa shape index (κ2) is 7.04. The molecule has 19 heavy (non-hydrogen) atoms. The number of amides is 1. The van der Waals surface area contributed by atoms with Crippen molar-refractivity contribution in [3.63, 3.8) is 0 Å². The fraction of sp³-hybridized carbons (Fsp3) is 0.267. The van der Waals surface area contributed by atoms with E-state index in [0.29, 0.717) is 17.5 Å². The van der Waals surface area contributed by atoms with Crippen molar-refractivity contribution in [1.29, 1.82) is 0 Å². The maximum absolute atomic E-state index is 11.7. The fourth-order valence-electron chi connectivity index (χ4n) is 1.67. The van der Waals surface area contributed by atoms with Crippen LogP contribution in [0.1, 0.15) is 23.5 Å². The van der Waals surface area contributed by atoms with Crippen LogP contribution in [-0.2, 0) is 11.3 Å². The van der Waals surface area contributed by atoms with Crippen LogP contribution in [0.4, 0.5) is 0 Å². The maximum atomic E-state index is 11.7. The van der Waals surface area contributed by atoms with Gasteiger partial charge >= 0.3 is 0 Å². The zero-order valence-electron chi connectivity index (χ0n) is 10.8. The summed E-state index contributed by atoms with van der Waals surface area (Å²) >= 11 is 1.63. The molecular weight excluding hydrogens is 258 g/mol. The number of carbonyl (C=O) groups excluding carboxylic acids is 1. The van der Waals surface area contributed by atoms with Crippen molar-refractivity contribution in [1.82, 2.24) is 5.32 Å². The monoisotopic (exact) mass is 275 g/mol. The van der Waals surface area contributed by atoms with Crippen LogP contribution in [0.15, 0.2) is 53.1 Å². The third-order valence-corrected chi connectivity index (χ3v) is 3.97. The predicted octanol–water partition coefficient (Wildman–Crippen LogP) is 3.39. The van der Waals surface area contributed by atoms with Crippen LogP contribution in [0, 0.1) is 0 Å². The van der Waals surface area contributed by atoms with Crippen LogP contribution in [0.5, 0.6) is 0 Å². The molecule has 0 fully saturated rings. The zero-order valence-corrected chi connectivity index (χ0v) is 11.7. The lowest BCUT2D eigenvalue weighted by molar-refractivity contribution is -0.118. The number of nitrogens with one attached hydrogen (secondary N) is 1. The smallest absolute Gasteiger partial charge is 0.230 e. The van der Waals surface area contributed by atoms with Gasteiger partial charge in [-0.3, -0.25) is 4.79 Å². The van der Waals surface area contributed by atoms with Crippen LogP contribution in [-0.4, -0.2) is 11.7 Å². The number of thioether (sulfide) groups is 1. The fourth-order valence-corrected chi connectivity index (χ4v) is 2.52. The zero-order chi connectivity index (χ0) is 13.5. The SMILES string of the molecule is C[C@H](SCC(=O)NCc1ccco1)c1ccccc1. The molecule has 0 unspecified atom stereocenters. The summed E-state index contributed by atoms with van der Waals surface area (Å²) in [7, 11) is 0. The molecule has 2 rings (SSSR count). The largest absolute Gasteiger partial charge is 0.467 e. The number of furan rings is 1. The Morgan fingerprint density at radius 3 is 2.74 bits per heavy atom. The van der Waals surface area contributed by atoms with Crippen LogP contribution >= 0.6 is 11.8 Å². The highest BCUT2D eigenvalue weighted by molar-refractivity contribution is 8.00. The van der Waals surface area contributed by atoms with E-state index in [4.69, 9.17) is 4.42 Å². The Kier molecular flexibility index (Phi) is 5.10. The first-order valence-corrected chi connectivity index (χ1v) is 7.26. The number of hydrogen-bond acceptors (Lipinski definition) is 3. The van der Waals surface area contributed by atoms with Gasteiger partial charge in [0.05, 0.1) is 18.6 Å². The molecule has 0 aliphatic carbocycles. The van der Waals surface area contributed by atoms with E-state index in [-0.39, 0.29) is 5.91 Å². The minimum absolute atomic E-state index is 0.0316. The summed E-state index contributed by atoms with van der Waals surface area (Å²) < 4.78 is 5.16. The molecule has 1 heterocycles. The quantitative estimate of drug-likeness (QED) is 0.878. The summed E-state index contributed by atoms with van der Waals surface area (Å²) in [6, 6.07) is 13.9. The van der Waals surface area contributed by atoms with E-state index in [9.17, 15) is 4.79 Å². The van der Waals surface area contributed by atoms with Gasteiger partial charge in [0.15, 0.2) is 0 Å². The Balaban J connectivity index is 1.71. The Hall–Kier alpha value is -1.68. The number of benzene rings is 1. The summed E-state index contributed by atoms with van der Waals surface area (Å²) in [6.45, 7) is 2.56. The van der Waals surface area contributed by atoms with Crippen molar-refractivity contribution in [2.24, 2.45) is 0 Å². The summed E-state index contributed by atoms with van der Waals surface area (Å²) in [5.41, 5.74) is 1.24. The summed E-state index contributed by atoms with van der Waals surface area (Å²) in [6.07, 6.45) is 1.60. The summed E-state index contributed by atoms with van der Waals surface area (Å²) in [5, 5.41) is 3.15. The minimum atomic E-state index is 0.0316. The van der Waals surface area contributed by atoms with E-state index in [2.05, 4.69) is 24.4 Å². The summed E-state index contributed by atoms with van der Waals surface area (Å²) in [5.74, 6) is 1.26. The first-order valence-electron chi connectivity index (χ1n) is 6.21. The molecule has 0 saturated carbocycles. The predicted molar refractivity (Wildman–Crippen MR) is 77.9 cm³/mol. The molecule has 1 N–H and O–H groups in total. The molecule has 0 aliphatic rings. The molecule has 1 atom stereocenters. The Bertz CT molecular complexity index is 496. The molecule has 4 heteroatoms. The average Bonchev–Trinajstić information content (AvgIpc) is 2.96. The second-order valence-electron chi connectivity index (χ2n) is 4.22. The highest BCUT2D eigenvalue weighted by Crippen LogP contribution is 2.27. The molecular formula is C15H17NO2S. The molecule has 0 saturated heterocycles. The van der Waals surface area contributed by atoms with E-state index in [1.54, 1.807) is 18.0 Å². The number of hydrogen-bond donors (Lipinski definition) is 1. The van der Waals surface area contributed by atoms with Gasteiger partial charge in [0.2, 0.25) is 5.91 Å². The van der Waals surface area contributed by atoms with E-state index < -0.39 is 0 Å². The maximum Gasteiger partial charge on any atom is 0.230 e. The van der Waals surface area contributed by atoms with Gasteiger partial charge in [-0.15, -0.1) is 11.8 Å². The van der Waals surface area contributed by atoms with Crippen LogP contribution in [0.2, 0.25) is 0 Å². The highest BCUT2D eigenvalue weighted by Gasteiger charge is 2.09. The molecule has 0 spiro atoms. The molecule has 1 amide bonds. The first-order chi connectivity index (χ1) is 9.25. The van der Waals surface area contributed by atoms with Crippen LogP contribution in [0.25, 0.3) is 0 Å². The number of rotatable bonds is 6. The van der Waals surface area contributed by atoms with Gasteiger partial charge in [-0.2, -0.15) is 0 Å². The van der Waals surface area contributed by atoms with Gasteiger partial charge in [0.25, 0.3) is 0 Å². The number of carbonyl (C=O) groups is 1. The molecule has 0 radical (unpaired) electrons. The topological polar surface area (TPSA) is 42.2 Å². The lowest BCUT2D eigenvalue weighted by Crippen LogP contribution is -2.24. The van der Waals surface area contributed by atoms with Crippen molar-refractivity contribution in [3.8, 4) is 0 Å². The van der Waals surface area contributed by atoms with Gasteiger partial charge in [-0.05, 0) is 24.6 Å². The molecule has 3 nitrogen and oxygen atoms in total. The van der Waals surface area contributed by atoms with Crippen molar-refractivity contribution in [2.45, 2.75) is 18.7 Å². The van der Waals surface area contributed by atoms with Crippen LogP contribution < -0.4 is 5.32 Å². The molecule has 1 aromatic carbocycles. The average molecular weight is 275 g/mol. The van der Waals surface area contributed by atoms with Gasteiger partial charge in [0, 0.05) is 5.25 Å². The normalized spacial score (nSPS) is 12.1. The Morgan fingerprint density at radius 1 is 1.26 bits per heavy atom. The third-order valence-electron chi connectivity index (χ3n) is 2.77. The first kappa shape index (κ1) is 13.7. The van der Waals surface area contributed by atoms with E-state index in [1.165, 1.54) is 5.56 Å². The van der Waals surface area contributed by atoms with Crippen molar-refractivity contribution in [3.05, 3.63) is 60.1 Å². The van der Waals surface area contributed by atoms with Crippen LogP contribution in [0.3, 0.4) is 0 Å². The minimum Gasteiger partial charge on any atom is -0.467 e. The second-order valence-corrected chi connectivity index (χ2v) is 5.55. The molecule has 0 bridgehead atoms. The lowest BCUT2D eigenvalue weighted by atomic mass is 10.2. The van der Waals surface area contributed by atoms with Crippen molar-refractivity contribution < 1.29 is 9.21 Å². The van der Waals surface area contributed by atoms with Crippen molar-refractivity contribution >= 4 is 17.7 Å². The molecule has 0 aliphatic heterocycles. The van der Waals surface area contributed by atoms with Gasteiger partial charge in [-0.1, -0.05) is 30.3 Å². The molecule has 1 aromatic heterocycles. The lowest BCUT2D eigenvalue weighted by Gasteiger charge is -2.11. The van der Waals surface area contributed by atoms with E-state index in [0.717, 1.165) is 5.76 Å². The Labute approximate surface area is 117 Å². The van der Waals surface area contributed by atoms with Gasteiger partial charge in [-0.25, -0.2) is 0 Å². The standard InChI is InChI=1S/C15H17NO2S/c1-12(13-6-3-2-4-7-13)19-11-15(17)16-10-14-8-5-9-18-14/h2-9,12H,10-11H2,1H3,(H,16,17)/t12-/m0/s1. The van der Waals surface area contributed by atoms with E-state index >= 15 is 0 Å². The third kappa shape index (κ3) is 4.48. The molecule has 100 valence electrons. The Morgan fingerprint density at radius 2 is 2.05 bits per heavy atom. The van der Waals surface area contributed by atoms with Crippen molar-refractivity contribution in [2.75, 3.05) is 5.75 Å².